The summed E-state index contributed by atoms with van der Waals surface area (Å²) in [5.41, 5.74) is 12.2. The zero-order chi connectivity index (χ0) is 14.3. The molecule has 0 amide bonds. The lowest BCUT2D eigenvalue weighted by Crippen LogP contribution is -2.36. The Kier molecular flexibility index (Phi) is 3.14. The van der Waals surface area contributed by atoms with Crippen molar-refractivity contribution in [3.05, 3.63) is 70.0 Å². The van der Waals surface area contributed by atoms with Crippen molar-refractivity contribution in [1.82, 2.24) is 0 Å². The van der Waals surface area contributed by atoms with Gasteiger partial charge >= 0.3 is 0 Å². The highest BCUT2D eigenvalue weighted by Crippen LogP contribution is 2.37. The van der Waals surface area contributed by atoms with Crippen LogP contribution in [-0.2, 0) is 18.4 Å². The van der Waals surface area contributed by atoms with Gasteiger partial charge in [0.05, 0.1) is 0 Å². The molecule has 0 saturated carbocycles. The minimum Gasteiger partial charge on any atom is -0.321 e. The molecule has 2 heteroatoms. The fourth-order valence-corrected chi connectivity index (χ4v) is 3.47. The molecular formula is C18H20FN. The molecule has 0 aliphatic heterocycles. The van der Waals surface area contributed by atoms with E-state index in [0.717, 1.165) is 30.4 Å². The molecule has 104 valence electrons. The number of rotatable bonds is 2. The van der Waals surface area contributed by atoms with Crippen LogP contribution in [0.2, 0.25) is 0 Å². The van der Waals surface area contributed by atoms with Crippen LogP contribution in [0.3, 0.4) is 0 Å². The molecule has 1 nitrogen and oxygen atoms in total. The van der Waals surface area contributed by atoms with Gasteiger partial charge in [-0.3, -0.25) is 0 Å². The molecule has 2 N–H and O–H groups in total. The van der Waals surface area contributed by atoms with Crippen molar-refractivity contribution in [2.45, 2.75) is 38.6 Å². The summed E-state index contributed by atoms with van der Waals surface area (Å²) < 4.78 is 13.3. The van der Waals surface area contributed by atoms with Crippen LogP contribution in [0.25, 0.3) is 0 Å². The summed E-state index contributed by atoms with van der Waals surface area (Å²) in [6.07, 6.45) is 2.57. The quantitative estimate of drug-likeness (QED) is 0.882. The van der Waals surface area contributed by atoms with E-state index in [1.807, 2.05) is 6.07 Å². The van der Waals surface area contributed by atoms with E-state index < -0.39 is 0 Å². The number of aryl methyl sites for hydroxylation is 3. The van der Waals surface area contributed by atoms with E-state index in [-0.39, 0.29) is 11.4 Å². The Hall–Kier alpha value is -1.67. The van der Waals surface area contributed by atoms with Gasteiger partial charge in [-0.05, 0) is 61.9 Å². The lowest BCUT2D eigenvalue weighted by Gasteiger charge is -2.26. The molecule has 0 fully saturated rings. The highest BCUT2D eigenvalue weighted by atomic mass is 19.1. The van der Waals surface area contributed by atoms with E-state index in [4.69, 9.17) is 5.73 Å². The molecule has 0 radical (unpaired) electrons. The first-order valence-electron chi connectivity index (χ1n) is 7.11. The van der Waals surface area contributed by atoms with Crippen LogP contribution in [0.1, 0.15) is 34.2 Å². The van der Waals surface area contributed by atoms with E-state index in [9.17, 15) is 4.39 Å². The lowest BCUT2D eigenvalue weighted by atomic mass is 9.85. The Morgan fingerprint density at radius 3 is 2.50 bits per heavy atom. The Balaban J connectivity index is 1.95. The van der Waals surface area contributed by atoms with Gasteiger partial charge in [-0.25, -0.2) is 4.39 Å². The number of benzene rings is 2. The first-order chi connectivity index (χ1) is 9.46. The minimum absolute atomic E-state index is 0.167. The molecule has 2 aromatic carbocycles. The normalized spacial score (nSPS) is 21.0. The molecule has 0 spiro atoms. The minimum atomic E-state index is -0.358. The SMILES string of the molecule is Cc1cc(C)cc(CC2(N)CCc3cc(F)ccc32)c1. The second kappa shape index (κ2) is 4.71. The molecule has 1 atom stereocenters. The van der Waals surface area contributed by atoms with Crippen molar-refractivity contribution >= 4 is 0 Å². The molecule has 1 unspecified atom stereocenters. The Bertz CT molecular complexity index is 642. The van der Waals surface area contributed by atoms with Crippen molar-refractivity contribution in [2.75, 3.05) is 0 Å². The van der Waals surface area contributed by atoms with Crippen LogP contribution < -0.4 is 5.73 Å². The number of hydrogen-bond acceptors (Lipinski definition) is 1. The topological polar surface area (TPSA) is 26.0 Å². The molecular weight excluding hydrogens is 249 g/mol. The summed E-state index contributed by atoms with van der Waals surface area (Å²) in [5.74, 6) is -0.167. The van der Waals surface area contributed by atoms with Crippen LogP contribution in [-0.4, -0.2) is 0 Å². The summed E-state index contributed by atoms with van der Waals surface area (Å²) in [6, 6.07) is 11.6. The maximum Gasteiger partial charge on any atom is 0.123 e. The van der Waals surface area contributed by atoms with Gasteiger partial charge in [0.25, 0.3) is 0 Å². The number of hydrogen-bond donors (Lipinski definition) is 1. The van der Waals surface area contributed by atoms with E-state index in [1.165, 1.54) is 22.8 Å². The van der Waals surface area contributed by atoms with Gasteiger partial charge in [0.1, 0.15) is 5.82 Å². The molecule has 0 aromatic heterocycles. The van der Waals surface area contributed by atoms with E-state index in [0.29, 0.717) is 0 Å². The maximum atomic E-state index is 13.3. The summed E-state index contributed by atoms with van der Waals surface area (Å²) >= 11 is 0. The van der Waals surface area contributed by atoms with E-state index in [1.54, 1.807) is 6.07 Å². The molecule has 2 aromatic rings. The van der Waals surface area contributed by atoms with Crippen molar-refractivity contribution in [3.8, 4) is 0 Å². The fraction of sp³-hybridized carbons (Fsp3) is 0.333. The Morgan fingerprint density at radius 1 is 1.10 bits per heavy atom. The average molecular weight is 269 g/mol. The van der Waals surface area contributed by atoms with Crippen LogP contribution in [0.4, 0.5) is 4.39 Å². The largest absolute Gasteiger partial charge is 0.321 e. The second-order valence-electron chi connectivity index (χ2n) is 6.13. The van der Waals surface area contributed by atoms with Gasteiger partial charge in [0.2, 0.25) is 0 Å². The molecule has 3 rings (SSSR count). The third-order valence-corrected chi connectivity index (χ3v) is 4.25. The van der Waals surface area contributed by atoms with Gasteiger partial charge in [0, 0.05) is 5.54 Å². The monoisotopic (exact) mass is 269 g/mol. The van der Waals surface area contributed by atoms with Crippen LogP contribution in [0, 0.1) is 19.7 Å². The van der Waals surface area contributed by atoms with Gasteiger partial charge in [-0.2, -0.15) is 0 Å². The van der Waals surface area contributed by atoms with Gasteiger partial charge in [0.15, 0.2) is 0 Å². The van der Waals surface area contributed by atoms with Gasteiger partial charge in [-0.15, -0.1) is 0 Å². The molecule has 1 aliphatic carbocycles. The predicted molar refractivity (Wildman–Crippen MR) is 80.2 cm³/mol. The standard InChI is InChI=1S/C18H20FN/c1-12-7-13(2)9-14(8-12)11-18(20)6-5-15-10-16(19)3-4-17(15)18/h3-4,7-10H,5-6,11,20H2,1-2H3. The molecule has 0 saturated heterocycles. The van der Waals surface area contributed by atoms with Crippen LogP contribution in [0.5, 0.6) is 0 Å². The van der Waals surface area contributed by atoms with E-state index >= 15 is 0 Å². The van der Waals surface area contributed by atoms with E-state index in [2.05, 4.69) is 32.0 Å². The van der Waals surface area contributed by atoms with Crippen molar-refractivity contribution < 1.29 is 4.39 Å². The molecule has 0 heterocycles. The van der Waals surface area contributed by atoms with Crippen molar-refractivity contribution in [2.24, 2.45) is 5.73 Å². The first kappa shape index (κ1) is 13.3. The summed E-state index contributed by atoms with van der Waals surface area (Å²) in [4.78, 5) is 0. The number of halogens is 1. The summed E-state index contributed by atoms with van der Waals surface area (Å²) in [6.45, 7) is 4.22. The van der Waals surface area contributed by atoms with Gasteiger partial charge < -0.3 is 5.73 Å². The predicted octanol–water partition coefficient (Wildman–Crippen LogP) is 3.79. The highest BCUT2D eigenvalue weighted by Gasteiger charge is 2.35. The Labute approximate surface area is 119 Å². The molecule has 1 aliphatic rings. The molecule has 0 bridgehead atoms. The Morgan fingerprint density at radius 2 is 1.80 bits per heavy atom. The fourth-order valence-electron chi connectivity index (χ4n) is 3.47. The first-order valence-corrected chi connectivity index (χ1v) is 7.11. The summed E-state index contributed by atoms with van der Waals surface area (Å²) in [5, 5.41) is 0. The van der Waals surface area contributed by atoms with Crippen molar-refractivity contribution in [3.63, 3.8) is 0 Å². The zero-order valence-corrected chi connectivity index (χ0v) is 12.0. The van der Waals surface area contributed by atoms with Crippen molar-refractivity contribution in [1.29, 1.82) is 0 Å². The zero-order valence-electron chi connectivity index (χ0n) is 12.0. The third-order valence-electron chi connectivity index (χ3n) is 4.25. The number of fused-ring (bicyclic) bond motifs is 1. The third kappa shape index (κ3) is 2.36. The smallest absolute Gasteiger partial charge is 0.123 e. The van der Waals surface area contributed by atoms with Crippen LogP contribution >= 0.6 is 0 Å². The van der Waals surface area contributed by atoms with Gasteiger partial charge in [-0.1, -0.05) is 35.4 Å². The highest BCUT2D eigenvalue weighted by molar-refractivity contribution is 5.41. The molecule has 20 heavy (non-hydrogen) atoms. The average Bonchev–Trinajstić information content (AvgIpc) is 2.65. The number of nitrogens with two attached hydrogens (primary N) is 1. The maximum absolute atomic E-state index is 13.3. The second-order valence-corrected chi connectivity index (χ2v) is 6.13. The van der Waals surface area contributed by atoms with Crippen LogP contribution in [0.15, 0.2) is 36.4 Å². The summed E-state index contributed by atoms with van der Waals surface area (Å²) in [7, 11) is 0. The lowest BCUT2D eigenvalue weighted by molar-refractivity contribution is 0.438.